The van der Waals surface area contributed by atoms with Gasteiger partial charge in [-0.05, 0) is 61.4 Å². The number of hydrazone groups is 1. The highest BCUT2D eigenvalue weighted by Crippen LogP contribution is 2.39. The van der Waals surface area contributed by atoms with E-state index in [1.807, 2.05) is 62.4 Å². The maximum Gasteiger partial charge on any atom is 0.259 e. The minimum absolute atomic E-state index is 0.280. The van der Waals surface area contributed by atoms with Crippen LogP contribution in [0.1, 0.15) is 16.9 Å². The summed E-state index contributed by atoms with van der Waals surface area (Å²) in [5.74, 6) is -0.772. The fourth-order valence-corrected chi connectivity index (χ4v) is 3.96. The molecule has 0 bridgehead atoms. The van der Waals surface area contributed by atoms with Gasteiger partial charge in [-0.15, -0.1) is 0 Å². The molecule has 0 aliphatic carbocycles. The van der Waals surface area contributed by atoms with Gasteiger partial charge in [0.2, 0.25) is 5.91 Å². The van der Waals surface area contributed by atoms with Crippen LogP contribution in [0.2, 0.25) is 0 Å². The van der Waals surface area contributed by atoms with E-state index in [2.05, 4.69) is 5.10 Å². The molecule has 5 rings (SSSR count). The number of rotatable bonds is 3. The lowest BCUT2D eigenvalue weighted by atomic mass is 9.96. The SMILES string of the molecule is Cc1ccc(N2C(=O)[C@@H]3C(c4ccco4)=NN(c4ccccc4)[C@H]3C2=O)cc1C. The number of para-hydroxylation sites is 1. The second-order valence-electron chi connectivity index (χ2n) is 7.35. The molecular formula is C23H19N3O3. The van der Waals surface area contributed by atoms with Gasteiger partial charge in [-0.3, -0.25) is 14.6 Å². The monoisotopic (exact) mass is 385 g/mol. The van der Waals surface area contributed by atoms with Crippen LogP contribution in [0.3, 0.4) is 0 Å². The molecule has 2 aliphatic rings. The van der Waals surface area contributed by atoms with E-state index in [1.54, 1.807) is 23.4 Å². The molecule has 2 aliphatic heterocycles. The first-order chi connectivity index (χ1) is 14.1. The summed E-state index contributed by atoms with van der Waals surface area (Å²) in [6, 6.07) is 17.8. The molecule has 0 saturated carbocycles. The summed E-state index contributed by atoms with van der Waals surface area (Å²) in [6.07, 6.45) is 1.54. The molecule has 2 amide bonds. The topological polar surface area (TPSA) is 66.1 Å². The molecule has 29 heavy (non-hydrogen) atoms. The fraction of sp³-hybridized carbons (Fsp3) is 0.174. The molecular weight excluding hydrogens is 366 g/mol. The van der Waals surface area contributed by atoms with E-state index < -0.39 is 12.0 Å². The summed E-state index contributed by atoms with van der Waals surface area (Å²) in [5.41, 5.74) is 3.96. The Balaban J connectivity index is 1.63. The molecule has 1 aromatic heterocycles. The van der Waals surface area contributed by atoms with Gasteiger partial charge in [0.05, 0.1) is 17.6 Å². The summed E-state index contributed by atoms with van der Waals surface area (Å²) in [7, 11) is 0. The first-order valence-electron chi connectivity index (χ1n) is 9.48. The Kier molecular flexibility index (Phi) is 3.87. The van der Waals surface area contributed by atoms with Crippen LogP contribution in [0, 0.1) is 19.8 Å². The van der Waals surface area contributed by atoms with Crippen molar-refractivity contribution < 1.29 is 14.0 Å². The number of carbonyl (C=O) groups is 2. The Bertz CT molecular complexity index is 1140. The van der Waals surface area contributed by atoms with Gasteiger partial charge in [-0.25, -0.2) is 4.90 Å². The second kappa shape index (κ2) is 6.44. The van der Waals surface area contributed by atoms with Gasteiger partial charge in [0.1, 0.15) is 17.7 Å². The van der Waals surface area contributed by atoms with Crippen molar-refractivity contribution in [3.63, 3.8) is 0 Å². The lowest BCUT2D eigenvalue weighted by Gasteiger charge is -2.22. The maximum atomic E-state index is 13.5. The number of aryl methyl sites for hydroxylation is 2. The fourth-order valence-electron chi connectivity index (χ4n) is 3.96. The van der Waals surface area contributed by atoms with Crippen molar-refractivity contribution in [2.45, 2.75) is 19.9 Å². The van der Waals surface area contributed by atoms with Gasteiger partial charge >= 0.3 is 0 Å². The Hall–Kier alpha value is -3.67. The van der Waals surface area contributed by atoms with Gasteiger partial charge in [0, 0.05) is 0 Å². The predicted octanol–water partition coefficient (Wildman–Crippen LogP) is 3.68. The van der Waals surface area contributed by atoms with E-state index in [1.165, 1.54) is 4.90 Å². The lowest BCUT2D eigenvalue weighted by Crippen LogP contribution is -2.39. The number of amides is 2. The van der Waals surface area contributed by atoms with Crippen LogP contribution in [-0.2, 0) is 9.59 Å². The number of imide groups is 1. The van der Waals surface area contributed by atoms with Crippen LogP contribution in [0.15, 0.2) is 76.4 Å². The minimum atomic E-state index is -0.730. The van der Waals surface area contributed by atoms with Crippen molar-refractivity contribution in [2.24, 2.45) is 11.0 Å². The Morgan fingerprint density at radius 3 is 2.34 bits per heavy atom. The number of anilines is 2. The Morgan fingerprint density at radius 1 is 0.862 bits per heavy atom. The zero-order chi connectivity index (χ0) is 20.1. The zero-order valence-electron chi connectivity index (χ0n) is 16.1. The van der Waals surface area contributed by atoms with Crippen LogP contribution in [0.25, 0.3) is 0 Å². The summed E-state index contributed by atoms with van der Waals surface area (Å²) in [6.45, 7) is 3.97. The number of benzene rings is 2. The molecule has 0 radical (unpaired) electrons. The molecule has 144 valence electrons. The molecule has 0 unspecified atom stereocenters. The van der Waals surface area contributed by atoms with Gasteiger partial charge in [0.15, 0.2) is 5.76 Å². The molecule has 2 atom stereocenters. The summed E-state index contributed by atoms with van der Waals surface area (Å²) >= 11 is 0. The second-order valence-corrected chi connectivity index (χ2v) is 7.35. The molecule has 0 N–H and O–H groups in total. The molecule has 1 fully saturated rings. The van der Waals surface area contributed by atoms with E-state index in [4.69, 9.17) is 4.42 Å². The lowest BCUT2D eigenvalue weighted by molar-refractivity contribution is -0.121. The van der Waals surface area contributed by atoms with E-state index in [9.17, 15) is 9.59 Å². The first kappa shape index (κ1) is 17.4. The average molecular weight is 385 g/mol. The van der Waals surface area contributed by atoms with Gasteiger partial charge in [-0.2, -0.15) is 5.10 Å². The van der Waals surface area contributed by atoms with Crippen LogP contribution in [-0.4, -0.2) is 23.6 Å². The molecule has 3 heterocycles. The first-order valence-corrected chi connectivity index (χ1v) is 9.48. The summed E-state index contributed by atoms with van der Waals surface area (Å²) in [4.78, 5) is 28.2. The van der Waals surface area contributed by atoms with E-state index in [-0.39, 0.29) is 11.8 Å². The predicted molar refractivity (Wildman–Crippen MR) is 110 cm³/mol. The largest absolute Gasteiger partial charge is 0.463 e. The molecule has 2 aromatic carbocycles. The third-order valence-corrected chi connectivity index (χ3v) is 5.59. The highest BCUT2D eigenvalue weighted by Gasteiger charge is 2.58. The maximum absolute atomic E-state index is 13.5. The molecule has 1 saturated heterocycles. The van der Waals surface area contributed by atoms with Crippen molar-refractivity contribution in [2.75, 3.05) is 9.91 Å². The zero-order valence-corrected chi connectivity index (χ0v) is 16.1. The Labute approximate surface area is 168 Å². The van der Waals surface area contributed by atoms with E-state index in [0.29, 0.717) is 17.2 Å². The molecule has 3 aromatic rings. The average Bonchev–Trinajstić information content (AvgIpc) is 3.43. The molecule has 6 heteroatoms. The highest BCUT2D eigenvalue weighted by atomic mass is 16.3. The van der Waals surface area contributed by atoms with Crippen molar-refractivity contribution in [1.29, 1.82) is 0 Å². The van der Waals surface area contributed by atoms with Crippen LogP contribution in [0.4, 0.5) is 11.4 Å². The minimum Gasteiger partial charge on any atom is -0.463 e. The van der Waals surface area contributed by atoms with E-state index >= 15 is 0 Å². The highest BCUT2D eigenvalue weighted by molar-refractivity contribution is 6.33. The number of furan rings is 1. The van der Waals surface area contributed by atoms with Crippen molar-refractivity contribution >= 4 is 28.9 Å². The van der Waals surface area contributed by atoms with Crippen LogP contribution in [0.5, 0.6) is 0 Å². The van der Waals surface area contributed by atoms with Crippen molar-refractivity contribution in [1.82, 2.24) is 0 Å². The van der Waals surface area contributed by atoms with Crippen molar-refractivity contribution in [3.05, 3.63) is 83.8 Å². The molecule has 6 nitrogen and oxygen atoms in total. The van der Waals surface area contributed by atoms with Gasteiger partial charge < -0.3 is 4.42 Å². The number of fused-ring (bicyclic) bond motifs is 1. The van der Waals surface area contributed by atoms with E-state index in [0.717, 1.165) is 16.8 Å². The Morgan fingerprint density at radius 2 is 1.66 bits per heavy atom. The number of carbonyl (C=O) groups excluding carboxylic acids is 2. The smallest absolute Gasteiger partial charge is 0.259 e. The quantitative estimate of drug-likeness (QED) is 0.645. The molecule has 0 spiro atoms. The third kappa shape index (κ3) is 2.60. The van der Waals surface area contributed by atoms with Crippen LogP contribution < -0.4 is 9.91 Å². The third-order valence-electron chi connectivity index (χ3n) is 5.59. The van der Waals surface area contributed by atoms with Gasteiger partial charge in [0.25, 0.3) is 5.91 Å². The van der Waals surface area contributed by atoms with Crippen LogP contribution >= 0.6 is 0 Å². The number of hydrogen-bond donors (Lipinski definition) is 0. The van der Waals surface area contributed by atoms with Gasteiger partial charge in [-0.1, -0.05) is 24.3 Å². The summed E-state index contributed by atoms with van der Waals surface area (Å²) in [5, 5.41) is 6.28. The number of nitrogens with zero attached hydrogens (tertiary/aromatic N) is 3. The van der Waals surface area contributed by atoms with Crippen molar-refractivity contribution in [3.8, 4) is 0 Å². The standard InChI is InChI=1S/C23H19N3O3/c1-14-10-11-17(13-15(14)2)25-22(27)19-20(18-9-6-12-29-18)24-26(21(19)23(25)28)16-7-4-3-5-8-16/h3-13,19,21H,1-2H3/t19-,21-/m1/s1. The number of hydrogen-bond acceptors (Lipinski definition) is 5. The normalized spacial score (nSPS) is 21.0. The summed E-state index contributed by atoms with van der Waals surface area (Å²) < 4.78 is 5.53.